The molecule has 32 heavy (non-hydrogen) atoms. The highest BCUT2D eigenvalue weighted by molar-refractivity contribution is 7.15. The van der Waals surface area contributed by atoms with Gasteiger partial charge >= 0.3 is 6.18 Å². The number of carbonyl (C=O) groups is 1. The molecule has 2 aliphatic rings. The molecule has 1 aliphatic carbocycles. The fourth-order valence-electron chi connectivity index (χ4n) is 4.06. The van der Waals surface area contributed by atoms with E-state index in [0.29, 0.717) is 48.6 Å². The number of hydrogen-bond donors (Lipinski definition) is 0. The Kier molecular flexibility index (Phi) is 5.36. The highest BCUT2D eigenvalue weighted by Gasteiger charge is 2.40. The monoisotopic (exact) mass is 463 g/mol. The summed E-state index contributed by atoms with van der Waals surface area (Å²) in [4.78, 5) is 21.0. The number of aromatic nitrogens is 3. The fourth-order valence-corrected chi connectivity index (χ4v) is 4.82. The fraction of sp³-hybridized carbons (Fsp3) is 0.429. The van der Waals surface area contributed by atoms with Gasteiger partial charge in [-0.05, 0) is 37.8 Å². The average molecular weight is 463 g/mol. The quantitative estimate of drug-likeness (QED) is 0.555. The number of alkyl halides is 3. The largest absolute Gasteiger partial charge is 0.445 e. The lowest BCUT2D eigenvalue weighted by molar-refractivity contribution is -0.138. The Hall–Kier alpha value is -2.95. The van der Waals surface area contributed by atoms with Gasteiger partial charge in [-0.2, -0.15) is 13.2 Å². The minimum absolute atomic E-state index is 0.00894. The summed E-state index contributed by atoms with van der Waals surface area (Å²) in [5.41, 5.74) is 1.46. The Labute approximate surface area is 185 Å². The molecule has 0 radical (unpaired) electrons. The Morgan fingerprint density at radius 3 is 2.31 bits per heavy atom. The second kappa shape index (κ2) is 8.19. The average Bonchev–Trinajstić information content (AvgIpc) is 3.26. The van der Waals surface area contributed by atoms with E-state index in [-0.39, 0.29) is 23.1 Å². The zero-order chi connectivity index (χ0) is 22.3. The van der Waals surface area contributed by atoms with Gasteiger partial charge in [0, 0.05) is 36.3 Å². The van der Waals surface area contributed by atoms with Gasteiger partial charge in [0.15, 0.2) is 12.2 Å². The highest BCUT2D eigenvalue weighted by Crippen LogP contribution is 2.37. The Balaban J connectivity index is 1.26. The lowest BCUT2D eigenvalue weighted by atomic mass is 10.0. The number of amides is 1. The number of carbonyl (C=O) groups excluding carboxylic acids is 1. The number of benzene rings is 1. The number of nitrogens with zero attached hydrogens (tertiary/aromatic N) is 5. The Morgan fingerprint density at radius 2 is 1.75 bits per heavy atom. The van der Waals surface area contributed by atoms with Crippen molar-refractivity contribution < 1.29 is 22.4 Å². The van der Waals surface area contributed by atoms with Gasteiger partial charge in [0.1, 0.15) is 0 Å². The Bertz CT molecular complexity index is 1070. The topological polar surface area (TPSA) is 75.4 Å². The molecule has 0 spiro atoms. The van der Waals surface area contributed by atoms with Crippen molar-refractivity contribution in [1.29, 1.82) is 0 Å². The van der Waals surface area contributed by atoms with Crippen LogP contribution in [-0.4, -0.2) is 51.2 Å². The van der Waals surface area contributed by atoms with E-state index in [9.17, 15) is 18.0 Å². The van der Waals surface area contributed by atoms with Crippen LogP contribution in [0.5, 0.6) is 0 Å². The van der Waals surface area contributed by atoms with E-state index >= 15 is 0 Å². The van der Waals surface area contributed by atoms with Crippen LogP contribution in [0.3, 0.4) is 0 Å². The Morgan fingerprint density at radius 1 is 1.06 bits per heavy atom. The van der Waals surface area contributed by atoms with Gasteiger partial charge in [-0.1, -0.05) is 23.5 Å². The van der Waals surface area contributed by atoms with E-state index < -0.39 is 11.2 Å². The first-order chi connectivity index (χ1) is 15.4. The summed E-state index contributed by atoms with van der Waals surface area (Å²) >= 11 is 0.564. The van der Waals surface area contributed by atoms with Crippen molar-refractivity contribution in [2.24, 2.45) is 0 Å². The van der Waals surface area contributed by atoms with Gasteiger partial charge in [0.2, 0.25) is 10.1 Å². The predicted octanol–water partition coefficient (Wildman–Crippen LogP) is 4.49. The van der Waals surface area contributed by atoms with Gasteiger partial charge in [0.05, 0.1) is 6.20 Å². The molecule has 1 aliphatic heterocycles. The van der Waals surface area contributed by atoms with E-state index in [4.69, 9.17) is 4.42 Å². The third-order valence-electron chi connectivity index (χ3n) is 5.81. The van der Waals surface area contributed by atoms with Crippen molar-refractivity contribution in [2.75, 3.05) is 18.0 Å². The summed E-state index contributed by atoms with van der Waals surface area (Å²) in [6.45, 7) is 1.08. The minimum Gasteiger partial charge on any atom is -0.444 e. The number of anilines is 1. The molecule has 3 heterocycles. The molecule has 1 saturated carbocycles. The van der Waals surface area contributed by atoms with Crippen LogP contribution in [0.15, 0.2) is 41.3 Å². The molecule has 0 bridgehead atoms. The molecule has 2 fully saturated rings. The third-order valence-corrected chi connectivity index (χ3v) is 6.84. The first-order valence-electron chi connectivity index (χ1n) is 10.4. The number of hydrogen-bond acceptors (Lipinski definition) is 7. The molecule has 5 rings (SSSR count). The molecule has 2 aromatic heterocycles. The van der Waals surface area contributed by atoms with Crippen molar-refractivity contribution in [1.82, 2.24) is 20.1 Å². The molecule has 11 heteroatoms. The van der Waals surface area contributed by atoms with Crippen molar-refractivity contribution in [3.8, 4) is 11.3 Å². The van der Waals surface area contributed by atoms with E-state index in [1.807, 2.05) is 21.9 Å². The summed E-state index contributed by atoms with van der Waals surface area (Å²) in [5, 5.41) is 6.34. The van der Waals surface area contributed by atoms with E-state index in [0.717, 1.165) is 18.4 Å². The van der Waals surface area contributed by atoms with Crippen LogP contribution in [0.4, 0.5) is 18.3 Å². The van der Waals surface area contributed by atoms with E-state index in [1.165, 1.54) is 6.39 Å². The second-order valence-corrected chi connectivity index (χ2v) is 8.95. The second-order valence-electron chi connectivity index (χ2n) is 7.99. The van der Waals surface area contributed by atoms with Gasteiger partial charge in [-0.3, -0.25) is 4.79 Å². The third kappa shape index (κ3) is 4.21. The normalized spacial score (nSPS) is 17.5. The van der Waals surface area contributed by atoms with Crippen molar-refractivity contribution in [3.05, 3.63) is 47.4 Å². The predicted molar refractivity (Wildman–Crippen MR) is 111 cm³/mol. The maximum absolute atomic E-state index is 13.3. The molecule has 0 atom stereocenters. The standard InChI is InChI=1S/C21H20F3N5O2S/c22-21(23,24)19-26-27-20(32-19)28-9-7-16(8-10-28)29(15-5-6-15)18(30)14-3-1-13(2-4-14)17-11-25-12-31-17/h1-4,11-12,15-16H,5-10H2. The summed E-state index contributed by atoms with van der Waals surface area (Å²) in [5.74, 6) is 0.631. The van der Waals surface area contributed by atoms with Gasteiger partial charge in [-0.15, -0.1) is 10.2 Å². The molecule has 0 N–H and O–H groups in total. The molecule has 7 nitrogen and oxygen atoms in total. The summed E-state index contributed by atoms with van der Waals surface area (Å²) in [7, 11) is 0. The smallest absolute Gasteiger partial charge is 0.444 e. The molecule has 1 saturated heterocycles. The SMILES string of the molecule is O=C(c1ccc(-c2cnco2)cc1)N(C1CC1)C1CCN(c2nnc(C(F)(F)F)s2)CC1. The minimum atomic E-state index is -4.48. The lowest BCUT2D eigenvalue weighted by Crippen LogP contribution is -2.48. The van der Waals surface area contributed by atoms with Crippen molar-refractivity contribution in [3.63, 3.8) is 0 Å². The number of oxazole rings is 1. The van der Waals surface area contributed by atoms with Gasteiger partial charge in [-0.25, -0.2) is 4.98 Å². The molecular weight excluding hydrogens is 443 g/mol. The number of piperidine rings is 1. The van der Waals surface area contributed by atoms with Crippen LogP contribution in [0.25, 0.3) is 11.3 Å². The molecular formula is C21H20F3N5O2S. The molecule has 3 aromatic rings. The van der Waals surface area contributed by atoms with E-state index in [1.54, 1.807) is 18.3 Å². The van der Waals surface area contributed by atoms with Crippen LogP contribution in [0, 0.1) is 0 Å². The molecule has 0 unspecified atom stereocenters. The van der Waals surface area contributed by atoms with Crippen molar-refractivity contribution >= 4 is 22.4 Å². The number of halogens is 3. The van der Waals surface area contributed by atoms with Gasteiger partial charge in [0.25, 0.3) is 5.91 Å². The van der Waals surface area contributed by atoms with Crippen LogP contribution in [0.1, 0.15) is 41.0 Å². The van der Waals surface area contributed by atoms with Crippen LogP contribution >= 0.6 is 11.3 Å². The summed E-state index contributed by atoms with van der Waals surface area (Å²) < 4.78 is 43.8. The highest BCUT2D eigenvalue weighted by atomic mass is 32.1. The zero-order valence-corrected chi connectivity index (χ0v) is 17.8. The van der Waals surface area contributed by atoms with Crippen LogP contribution < -0.4 is 4.90 Å². The maximum atomic E-state index is 13.3. The van der Waals surface area contributed by atoms with Crippen molar-refractivity contribution in [2.45, 2.75) is 43.9 Å². The van der Waals surface area contributed by atoms with Gasteiger partial charge < -0.3 is 14.2 Å². The number of rotatable bonds is 5. The molecule has 168 valence electrons. The van der Waals surface area contributed by atoms with E-state index in [2.05, 4.69) is 15.2 Å². The molecule has 1 aromatic carbocycles. The van der Waals surface area contributed by atoms with Crippen LogP contribution in [-0.2, 0) is 6.18 Å². The first-order valence-corrected chi connectivity index (χ1v) is 11.2. The summed E-state index contributed by atoms with van der Waals surface area (Å²) in [6.07, 6.45) is 1.82. The molecule has 1 amide bonds. The van der Waals surface area contributed by atoms with Crippen LogP contribution in [0.2, 0.25) is 0 Å². The first kappa shape index (κ1) is 20.9. The summed E-state index contributed by atoms with van der Waals surface area (Å²) in [6, 6.07) is 7.56. The zero-order valence-electron chi connectivity index (χ0n) is 17.0. The maximum Gasteiger partial charge on any atom is 0.445 e. The lowest BCUT2D eigenvalue weighted by Gasteiger charge is -2.38.